The van der Waals surface area contributed by atoms with Crippen LogP contribution in [0.4, 0.5) is 5.69 Å². The number of hydrogen-bond donors (Lipinski definition) is 1. The van der Waals surface area contributed by atoms with Gasteiger partial charge in [0.1, 0.15) is 0 Å². The Morgan fingerprint density at radius 3 is 2.63 bits per heavy atom. The van der Waals surface area contributed by atoms with Gasteiger partial charge in [-0.05, 0) is 42.3 Å². The second-order valence-corrected chi connectivity index (χ2v) is 4.47. The van der Waals surface area contributed by atoms with E-state index in [-0.39, 0.29) is 5.78 Å². The lowest BCUT2D eigenvalue weighted by Crippen LogP contribution is -2.01. The van der Waals surface area contributed by atoms with Crippen LogP contribution >= 0.6 is 0 Å². The zero-order valence-corrected chi connectivity index (χ0v) is 11.1. The fourth-order valence-electron chi connectivity index (χ4n) is 1.85. The molecule has 0 spiro atoms. The highest BCUT2D eigenvalue weighted by Gasteiger charge is 2.03. The van der Waals surface area contributed by atoms with Gasteiger partial charge in [-0.3, -0.25) is 9.78 Å². The van der Waals surface area contributed by atoms with E-state index in [1.54, 1.807) is 6.20 Å². The van der Waals surface area contributed by atoms with Gasteiger partial charge in [0.05, 0.1) is 0 Å². The van der Waals surface area contributed by atoms with Gasteiger partial charge in [-0.2, -0.15) is 0 Å². The molecule has 0 radical (unpaired) electrons. The van der Waals surface area contributed by atoms with Gasteiger partial charge in [0, 0.05) is 36.6 Å². The van der Waals surface area contributed by atoms with Crippen molar-refractivity contribution < 1.29 is 4.79 Å². The van der Waals surface area contributed by atoms with Crippen molar-refractivity contribution in [3.05, 3.63) is 59.9 Å². The summed E-state index contributed by atoms with van der Waals surface area (Å²) in [4.78, 5) is 15.8. The third-order valence-corrected chi connectivity index (χ3v) is 2.90. The van der Waals surface area contributed by atoms with Gasteiger partial charge in [-0.15, -0.1) is 0 Å². The zero-order chi connectivity index (χ0) is 13.5. The van der Waals surface area contributed by atoms with Crippen molar-refractivity contribution in [2.75, 3.05) is 5.32 Å². The second kappa shape index (κ2) is 6.69. The number of hydrogen-bond acceptors (Lipinski definition) is 3. The average molecular weight is 254 g/mol. The molecule has 0 bridgehead atoms. The number of nitrogens with one attached hydrogen (secondary N) is 1. The molecule has 98 valence electrons. The number of ketones is 1. The molecule has 19 heavy (non-hydrogen) atoms. The van der Waals surface area contributed by atoms with E-state index in [4.69, 9.17) is 0 Å². The summed E-state index contributed by atoms with van der Waals surface area (Å²) in [5, 5.41) is 3.31. The predicted octanol–water partition coefficient (Wildman–Crippen LogP) is 3.68. The SMILES string of the molecule is CCCC(=O)c1ccc(NCc2cccnc2)cc1. The molecule has 2 rings (SSSR count). The molecule has 1 heterocycles. The van der Waals surface area contributed by atoms with Gasteiger partial charge in [0.2, 0.25) is 0 Å². The van der Waals surface area contributed by atoms with Crippen LogP contribution in [0.15, 0.2) is 48.8 Å². The van der Waals surface area contributed by atoms with Crippen molar-refractivity contribution in [2.24, 2.45) is 0 Å². The minimum Gasteiger partial charge on any atom is -0.381 e. The van der Waals surface area contributed by atoms with Gasteiger partial charge >= 0.3 is 0 Å². The summed E-state index contributed by atoms with van der Waals surface area (Å²) < 4.78 is 0. The van der Waals surface area contributed by atoms with Crippen LogP contribution < -0.4 is 5.32 Å². The maximum Gasteiger partial charge on any atom is 0.162 e. The van der Waals surface area contributed by atoms with Crippen LogP contribution in [0.2, 0.25) is 0 Å². The summed E-state index contributed by atoms with van der Waals surface area (Å²) in [6.45, 7) is 2.75. The summed E-state index contributed by atoms with van der Waals surface area (Å²) in [7, 11) is 0. The molecular formula is C16H18N2O. The molecule has 1 aromatic heterocycles. The van der Waals surface area contributed by atoms with E-state index in [0.29, 0.717) is 6.42 Å². The Balaban J connectivity index is 1.94. The molecular weight excluding hydrogens is 236 g/mol. The highest BCUT2D eigenvalue weighted by molar-refractivity contribution is 5.96. The zero-order valence-electron chi connectivity index (χ0n) is 11.1. The van der Waals surface area contributed by atoms with Gasteiger partial charge in [-0.1, -0.05) is 13.0 Å². The van der Waals surface area contributed by atoms with Crippen molar-refractivity contribution in [1.29, 1.82) is 0 Å². The van der Waals surface area contributed by atoms with E-state index in [9.17, 15) is 4.79 Å². The van der Waals surface area contributed by atoms with Crippen LogP contribution in [0.1, 0.15) is 35.7 Å². The van der Waals surface area contributed by atoms with Crippen molar-refractivity contribution in [1.82, 2.24) is 4.98 Å². The third kappa shape index (κ3) is 3.91. The number of anilines is 1. The van der Waals surface area contributed by atoms with Gasteiger partial charge < -0.3 is 5.32 Å². The van der Waals surface area contributed by atoms with E-state index in [1.165, 1.54) is 0 Å². The average Bonchev–Trinajstić information content (AvgIpc) is 2.47. The molecule has 1 N–H and O–H groups in total. The van der Waals surface area contributed by atoms with Crippen LogP contribution in [-0.2, 0) is 6.54 Å². The Kier molecular flexibility index (Phi) is 4.67. The van der Waals surface area contributed by atoms with Gasteiger partial charge in [-0.25, -0.2) is 0 Å². The Labute approximate surface area is 113 Å². The minimum absolute atomic E-state index is 0.210. The Bertz CT molecular complexity index is 520. The van der Waals surface area contributed by atoms with E-state index < -0.39 is 0 Å². The Morgan fingerprint density at radius 1 is 1.21 bits per heavy atom. The highest BCUT2D eigenvalue weighted by atomic mass is 16.1. The van der Waals surface area contributed by atoms with Crippen molar-refractivity contribution in [3.63, 3.8) is 0 Å². The summed E-state index contributed by atoms with van der Waals surface area (Å²) in [6.07, 6.45) is 5.10. The number of aromatic nitrogens is 1. The summed E-state index contributed by atoms with van der Waals surface area (Å²) in [6, 6.07) is 11.6. The topological polar surface area (TPSA) is 42.0 Å². The molecule has 0 saturated heterocycles. The van der Waals surface area contributed by atoms with E-state index in [2.05, 4.69) is 10.3 Å². The second-order valence-electron chi connectivity index (χ2n) is 4.47. The monoisotopic (exact) mass is 254 g/mol. The molecule has 0 unspecified atom stereocenters. The molecule has 3 nitrogen and oxygen atoms in total. The largest absolute Gasteiger partial charge is 0.381 e. The molecule has 0 aliphatic heterocycles. The molecule has 1 aromatic carbocycles. The van der Waals surface area contributed by atoms with Gasteiger partial charge in [0.15, 0.2) is 5.78 Å². The molecule has 0 saturated carbocycles. The fourth-order valence-corrected chi connectivity index (χ4v) is 1.85. The first kappa shape index (κ1) is 13.3. The molecule has 3 heteroatoms. The number of pyridine rings is 1. The van der Waals surface area contributed by atoms with Crippen LogP contribution in [0.25, 0.3) is 0 Å². The third-order valence-electron chi connectivity index (χ3n) is 2.90. The number of carbonyl (C=O) groups excluding carboxylic acids is 1. The Hall–Kier alpha value is -2.16. The molecule has 0 amide bonds. The number of nitrogens with zero attached hydrogens (tertiary/aromatic N) is 1. The summed E-state index contributed by atoms with van der Waals surface area (Å²) in [5.74, 6) is 0.210. The van der Waals surface area contributed by atoms with Crippen molar-refractivity contribution in [3.8, 4) is 0 Å². The van der Waals surface area contributed by atoms with E-state index >= 15 is 0 Å². The van der Waals surface area contributed by atoms with Gasteiger partial charge in [0.25, 0.3) is 0 Å². The smallest absolute Gasteiger partial charge is 0.162 e. The molecule has 0 aliphatic rings. The first-order valence-corrected chi connectivity index (χ1v) is 6.55. The van der Waals surface area contributed by atoms with Crippen LogP contribution in [-0.4, -0.2) is 10.8 Å². The fraction of sp³-hybridized carbons (Fsp3) is 0.250. The molecule has 0 aliphatic carbocycles. The molecule has 0 atom stereocenters. The quantitative estimate of drug-likeness (QED) is 0.800. The van der Waals surface area contributed by atoms with E-state index in [0.717, 1.165) is 29.8 Å². The van der Waals surface area contributed by atoms with Crippen molar-refractivity contribution >= 4 is 11.5 Å². The molecule has 0 fully saturated rings. The number of rotatable bonds is 6. The number of Topliss-reactive ketones (excluding diaryl/α,β-unsaturated/α-hetero) is 1. The summed E-state index contributed by atoms with van der Waals surface area (Å²) >= 11 is 0. The summed E-state index contributed by atoms with van der Waals surface area (Å²) in [5.41, 5.74) is 2.93. The van der Waals surface area contributed by atoms with Crippen LogP contribution in [0.5, 0.6) is 0 Å². The lowest BCUT2D eigenvalue weighted by atomic mass is 10.1. The Morgan fingerprint density at radius 2 is 2.00 bits per heavy atom. The maximum atomic E-state index is 11.7. The maximum absolute atomic E-state index is 11.7. The normalized spacial score (nSPS) is 10.2. The minimum atomic E-state index is 0.210. The van der Waals surface area contributed by atoms with E-state index in [1.807, 2.05) is 49.5 Å². The van der Waals surface area contributed by atoms with Crippen LogP contribution in [0.3, 0.4) is 0 Å². The first-order chi connectivity index (χ1) is 9.29. The predicted molar refractivity (Wildman–Crippen MR) is 77.2 cm³/mol. The molecule has 2 aromatic rings. The number of carbonyl (C=O) groups is 1. The lowest BCUT2D eigenvalue weighted by molar-refractivity contribution is 0.0982. The first-order valence-electron chi connectivity index (χ1n) is 6.55. The van der Waals surface area contributed by atoms with Crippen molar-refractivity contribution in [2.45, 2.75) is 26.3 Å². The standard InChI is InChI=1S/C16H18N2O/c1-2-4-16(19)14-6-8-15(9-7-14)18-12-13-5-3-10-17-11-13/h3,5-11,18H,2,4,12H2,1H3. The highest BCUT2D eigenvalue weighted by Crippen LogP contribution is 2.13. The van der Waals surface area contributed by atoms with Crippen LogP contribution in [0, 0.1) is 0 Å². The number of benzene rings is 1. The lowest BCUT2D eigenvalue weighted by Gasteiger charge is -2.07.